The molecule has 0 unspecified atom stereocenters. The summed E-state index contributed by atoms with van der Waals surface area (Å²) in [5, 5.41) is 2.36. The van der Waals surface area contributed by atoms with E-state index in [0.717, 1.165) is 0 Å². The second kappa shape index (κ2) is 10.2. The molecule has 1 heterocycles. The largest absolute Gasteiger partial charge is 0.457 e. The molecule has 10 heteroatoms. The molecule has 0 radical (unpaired) electrons. The van der Waals surface area contributed by atoms with Crippen LogP contribution in [0.15, 0.2) is 0 Å². The Morgan fingerprint density at radius 1 is 1.16 bits per heavy atom. The van der Waals surface area contributed by atoms with Gasteiger partial charge >= 0.3 is 12.1 Å². The van der Waals surface area contributed by atoms with Crippen LogP contribution in [0, 0.1) is 0 Å². The highest BCUT2D eigenvalue weighted by atomic mass is 28.4. The average Bonchev–Trinajstić information content (AvgIpc) is 2.92. The number of amides is 1. The molecule has 1 saturated heterocycles. The van der Waals surface area contributed by atoms with E-state index < -0.39 is 56.1 Å². The number of rotatable bonds is 8. The van der Waals surface area contributed by atoms with Gasteiger partial charge in [-0.3, -0.25) is 4.79 Å². The summed E-state index contributed by atoms with van der Waals surface area (Å²) in [6.07, 6.45) is -2.89. The molecule has 0 aliphatic carbocycles. The zero-order valence-electron chi connectivity index (χ0n) is 21.4. The molecule has 4 atom stereocenters. The van der Waals surface area contributed by atoms with Crippen molar-refractivity contribution in [3.8, 4) is 0 Å². The van der Waals surface area contributed by atoms with Crippen molar-refractivity contribution in [2.24, 2.45) is 0 Å². The Hall–Kier alpha value is -1.49. The highest BCUT2D eigenvalue weighted by molar-refractivity contribution is 6.74. The van der Waals surface area contributed by atoms with E-state index in [2.05, 4.69) is 5.32 Å². The summed E-state index contributed by atoms with van der Waals surface area (Å²) >= 11 is 0. The molecule has 1 aliphatic heterocycles. The van der Waals surface area contributed by atoms with Gasteiger partial charge in [-0.05, 0) is 52.8 Å². The molecule has 0 aromatic carbocycles. The Bertz CT molecular complexity index is 680. The molecule has 1 N–H and O–H groups in total. The molecule has 9 nitrogen and oxygen atoms in total. The van der Waals surface area contributed by atoms with Crippen LogP contribution in [0.25, 0.3) is 0 Å². The van der Waals surface area contributed by atoms with E-state index in [0.29, 0.717) is 6.29 Å². The monoisotopic (exact) mass is 475 g/mol. The zero-order valence-corrected chi connectivity index (χ0v) is 22.4. The normalized spacial score (nSPS) is 21.9. The quantitative estimate of drug-likeness (QED) is 0.322. The lowest BCUT2D eigenvalue weighted by Crippen LogP contribution is -2.60. The third kappa shape index (κ3) is 8.46. The molecule has 0 aromatic heterocycles. The Morgan fingerprint density at radius 3 is 2.09 bits per heavy atom. The van der Waals surface area contributed by atoms with E-state index in [9.17, 15) is 14.4 Å². The Morgan fingerprint density at radius 2 is 1.72 bits per heavy atom. The standard InChI is InChI=1S/C22H41NO8Si/c1-14(25)28-18(16-13-27-22(8,9)29-16)17(31-32(10,11)21(5,6)7)15(12-24)23-19(26)30-20(2,3)4/h12,15-18H,13H2,1-11H3,(H,23,26)/t15-,16+,17+,18+/m1/s1. The maximum absolute atomic E-state index is 12.5. The zero-order chi connectivity index (χ0) is 25.1. The second-order valence-electron chi connectivity index (χ2n) is 11.1. The molecular formula is C22H41NO8Si. The third-order valence-corrected chi connectivity index (χ3v) is 9.92. The fourth-order valence-corrected chi connectivity index (χ4v) is 4.24. The molecule has 0 spiro atoms. The van der Waals surface area contributed by atoms with Gasteiger partial charge in [-0.2, -0.15) is 0 Å². The maximum atomic E-state index is 12.5. The number of carbonyl (C=O) groups is 3. The number of hydrogen-bond acceptors (Lipinski definition) is 8. The van der Waals surface area contributed by atoms with Crippen LogP contribution in [0.1, 0.15) is 62.3 Å². The van der Waals surface area contributed by atoms with Crippen molar-refractivity contribution in [2.45, 2.75) is 116 Å². The highest BCUT2D eigenvalue weighted by Crippen LogP contribution is 2.39. The number of hydrogen-bond donors (Lipinski definition) is 1. The summed E-state index contributed by atoms with van der Waals surface area (Å²) < 4.78 is 29.1. The molecule has 32 heavy (non-hydrogen) atoms. The average molecular weight is 476 g/mol. The summed E-state index contributed by atoms with van der Waals surface area (Å²) in [5.74, 6) is -1.45. The van der Waals surface area contributed by atoms with Gasteiger partial charge in [0, 0.05) is 6.92 Å². The van der Waals surface area contributed by atoms with Crippen LogP contribution in [-0.4, -0.2) is 69.0 Å². The molecule has 0 aromatic rings. The molecular weight excluding hydrogens is 434 g/mol. The molecule has 186 valence electrons. The first kappa shape index (κ1) is 28.5. The van der Waals surface area contributed by atoms with Crippen LogP contribution in [0.4, 0.5) is 4.79 Å². The lowest BCUT2D eigenvalue weighted by Gasteiger charge is -2.43. The first-order valence-corrected chi connectivity index (χ1v) is 13.8. The minimum atomic E-state index is -2.48. The number of esters is 1. The van der Waals surface area contributed by atoms with Crippen LogP contribution < -0.4 is 5.32 Å². The SMILES string of the molecule is CC(=O)O[C@H]([C@@H](O[Si](C)(C)C(C)(C)C)[C@@H](C=O)NC(=O)OC(C)(C)C)[C@@H]1COC(C)(C)O1. The van der Waals surface area contributed by atoms with E-state index in [-0.39, 0.29) is 11.6 Å². The fourth-order valence-electron chi connectivity index (χ4n) is 2.92. The van der Waals surface area contributed by atoms with E-state index in [1.165, 1.54) is 6.92 Å². The number of nitrogens with one attached hydrogen (secondary N) is 1. The van der Waals surface area contributed by atoms with Gasteiger partial charge in [0.05, 0.1) is 6.61 Å². The lowest BCUT2D eigenvalue weighted by molar-refractivity contribution is -0.181. The van der Waals surface area contributed by atoms with Crippen LogP contribution in [-0.2, 0) is 33.0 Å². The van der Waals surface area contributed by atoms with E-state index in [1.807, 2.05) is 33.9 Å². The first-order valence-electron chi connectivity index (χ1n) is 10.9. The minimum absolute atomic E-state index is 0.139. The number of aldehydes is 1. The van der Waals surface area contributed by atoms with Crippen molar-refractivity contribution in [1.29, 1.82) is 0 Å². The number of ether oxygens (including phenoxy) is 4. The summed E-state index contributed by atoms with van der Waals surface area (Å²) in [5.41, 5.74) is -0.755. The topological polar surface area (TPSA) is 109 Å². The van der Waals surface area contributed by atoms with Crippen molar-refractivity contribution in [2.75, 3.05) is 6.61 Å². The Labute approximate surface area is 193 Å². The van der Waals surface area contributed by atoms with Gasteiger partial charge in [0.1, 0.15) is 30.1 Å². The fraction of sp³-hybridized carbons (Fsp3) is 0.864. The van der Waals surface area contributed by atoms with Gasteiger partial charge in [0.2, 0.25) is 0 Å². The molecule has 1 fully saturated rings. The first-order chi connectivity index (χ1) is 14.3. The number of carbonyl (C=O) groups excluding carboxylic acids is 3. The van der Waals surface area contributed by atoms with Gasteiger partial charge in [0.25, 0.3) is 0 Å². The van der Waals surface area contributed by atoms with Crippen LogP contribution in [0.3, 0.4) is 0 Å². The van der Waals surface area contributed by atoms with Gasteiger partial charge in [0.15, 0.2) is 20.2 Å². The maximum Gasteiger partial charge on any atom is 0.408 e. The van der Waals surface area contributed by atoms with E-state index in [4.69, 9.17) is 23.4 Å². The van der Waals surface area contributed by atoms with Gasteiger partial charge < -0.3 is 33.5 Å². The van der Waals surface area contributed by atoms with Gasteiger partial charge in [-0.25, -0.2) is 4.79 Å². The third-order valence-electron chi connectivity index (χ3n) is 5.44. The van der Waals surface area contributed by atoms with Gasteiger partial charge in [-0.1, -0.05) is 20.8 Å². The predicted molar refractivity (Wildman–Crippen MR) is 122 cm³/mol. The van der Waals surface area contributed by atoms with Crippen molar-refractivity contribution in [3.05, 3.63) is 0 Å². The molecule has 1 aliphatic rings. The van der Waals surface area contributed by atoms with Crippen LogP contribution in [0.2, 0.25) is 18.1 Å². The van der Waals surface area contributed by atoms with Crippen molar-refractivity contribution in [1.82, 2.24) is 5.32 Å². The second-order valence-corrected chi connectivity index (χ2v) is 15.8. The smallest absolute Gasteiger partial charge is 0.408 e. The Balaban J connectivity index is 3.38. The van der Waals surface area contributed by atoms with Crippen LogP contribution in [0.5, 0.6) is 0 Å². The summed E-state index contributed by atoms with van der Waals surface area (Å²) in [6, 6.07) is -1.14. The van der Waals surface area contributed by atoms with Crippen molar-refractivity contribution >= 4 is 26.7 Å². The lowest BCUT2D eigenvalue weighted by atomic mass is 10.0. The molecule has 0 saturated carbocycles. The number of alkyl carbamates (subject to hydrolysis) is 1. The summed E-state index contributed by atoms with van der Waals surface area (Å²) in [6.45, 7) is 20.2. The van der Waals surface area contributed by atoms with E-state index >= 15 is 0 Å². The minimum Gasteiger partial charge on any atom is -0.457 e. The predicted octanol–water partition coefficient (Wildman–Crippen LogP) is 3.55. The van der Waals surface area contributed by atoms with Crippen molar-refractivity contribution < 1.29 is 37.8 Å². The van der Waals surface area contributed by atoms with Crippen molar-refractivity contribution in [3.63, 3.8) is 0 Å². The molecule has 0 bridgehead atoms. The van der Waals surface area contributed by atoms with E-state index in [1.54, 1.807) is 34.6 Å². The highest BCUT2D eigenvalue weighted by Gasteiger charge is 2.49. The van der Waals surface area contributed by atoms with Crippen LogP contribution >= 0.6 is 0 Å². The summed E-state index contributed by atoms with van der Waals surface area (Å²) in [4.78, 5) is 36.6. The summed E-state index contributed by atoms with van der Waals surface area (Å²) in [7, 11) is -2.48. The molecule has 1 rings (SSSR count). The molecule has 1 amide bonds. The Kier molecular flexibility index (Phi) is 9.09. The van der Waals surface area contributed by atoms with Gasteiger partial charge in [-0.15, -0.1) is 0 Å².